The van der Waals surface area contributed by atoms with Gasteiger partial charge in [-0.05, 0) is 68.1 Å². The average Bonchev–Trinajstić information content (AvgIpc) is 3.43. The summed E-state index contributed by atoms with van der Waals surface area (Å²) in [4.78, 5) is 15.4. The molecule has 1 atom stereocenters. The largest absolute Gasteiger partial charge is 0.497 e. The van der Waals surface area contributed by atoms with Crippen molar-refractivity contribution in [3.8, 4) is 5.75 Å². The molecule has 0 bridgehead atoms. The molecule has 0 spiro atoms. The van der Waals surface area contributed by atoms with Crippen LogP contribution in [0.2, 0.25) is 0 Å². The first-order valence-electron chi connectivity index (χ1n) is 12.4. The SMILES string of the molecule is COc1cccc(C(CNC(=O)C2CCN(S(=O)(=O)/C=C/c3ccccc3)CC2)N2CCCC2)c1. The van der Waals surface area contributed by atoms with Crippen molar-refractivity contribution in [1.82, 2.24) is 14.5 Å². The second-order valence-electron chi connectivity index (χ2n) is 9.21. The Bertz CT molecular complexity index is 1110. The normalized spacial score (nSPS) is 19.1. The van der Waals surface area contributed by atoms with E-state index in [4.69, 9.17) is 4.74 Å². The lowest BCUT2D eigenvalue weighted by atomic mass is 9.97. The smallest absolute Gasteiger partial charge is 0.236 e. The predicted molar refractivity (Wildman–Crippen MR) is 138 cm³/mol. The van der Waals surface area contributed by atoms with E-state index in [2.05, 4.69) is 16.3 Å². The summed E-state index contributed by atoms with van der Waals surface area (Å²) in [6, 6.07) is 17.5. The number of carbonyl (C=O) groups is 1. The summed E-state index contributed by atoms with van der Waals surface area (Å²) in [5, 5.41) is 4.42. The van der Waals surface area contributed by atoms with E-state index in [-0.39, 0.29) is 17.9 Å². The van der Waals surface area contributed by atoms with Crippen molar-refractivity contribution in [2.24, 2.45) is 5.92 Å². The Balaban J connectivity index is 1.32. The molecule has 2 aromatic carbocycles. The van der Waals surface area contributed by atoms with Gasteiger partial charge in [0.1, 0.15) is 5.75 Å². The minimum Gasteiger partial charge on any atom is -0.497 e. The lowest BCUT2D eigenvalue weighted by Crippen LogP contribution is -2.44. The van der Waals surface area contributed by atoms with Crippen LogP contribution in [0.1, 0.15) is 42.9 Å². The van der Waals surface area contributed by atoms with Gasteiger partial charge < -0.3 is 10.1 Å². The molecule has 0 radical (unpaired) electrons. The van der Waals surface area contributed by atoms with Crippen LogP contribution < -0.4 is 10.1 Å². The minimum atomic E-state index is -3.51. The van der Waals surface area contributed by atoms with Gasteiger partial charge in [-0.3, -0.25) is 9.69 Å². The number of amides is 1. The third-order valence-electron chi connectivity index (χ3n) is 6.95. The number of ether oxygens (including phenoxy) is 1. The van der Waals surface area contributed by atoms with Crippen molar-refractivity contribution in [3.63, 3.8) is 0 Å². The molecule has 2 aromatic rings. The van der Waals surface area contributed by atoms with Crippen molar-refractivity contribution in [2.75, 3.05) is 39.8 Å². The highest BCUT2D eigenvalue weighted by Crippen LogP contribution is 2.28. The van der Waals surface area contributed by atoms with Gasteiger partial charge in [-0.15, -0.1) is 0 Å². The number of carbonyl (C=O) groups excluding carboxylic acids is 1. The van der Waals surface area contributed by atoms with Crippen LogP contribution in [0.4, 0.5) is 0 Å². The molecule has 7 nitrogen and oxygen atoms in total. The maximum Gasteiger partial charge on any atom is 0.236 e. The maximum absolute atomic E-state index is 13.0. The zero-order valence-electron chi connectivity index (χ0n) is 20.3. The number of nitrogens with one attached hydrogen (secondary N) is 1. The molecule has 8 heteroatoms. The molecule has 0 aromatic heterocycles. The zero-order valence-corrected chi connectivity index (χ0v) is 21.1. The van der Waals surface area contributed by atoms with E-state index >= 15 is 0 Å². The first-order valence-corrected chi connectivity index (χ1v) is 13.9. The van der Waals surface area contributed by atoms with Gasteiger partial charge in [-0.25, -0.2) is 8.42 Å². The number of sulfonamides is 1. The number of methoxy groups -OCH3 is 1. The average molecular weight is 498 g/mol. The van der Waals surface area contributed by atoms with Crippen LogP contribution in [-0.2, 0) is 14.8 Å². The Morgan fingerprint density at radius 2 is 1.77 bits per heavy atom. The highest BCUT2D eigenvalue weighted by atomic mass is 32.2. The summed E-state index contributed by atoms with van der Waals surface area (Å²) < 4.78 is 32.3. The molecule has 2 saturated heterocycles. The zero-order chi connectivity index (χ0) is 24.7. The summed E-state index contributed by atoms with van der Waals surface area (Å²) in [5.41, 5.74) is 1.98. The van der Waals surface area contributed by atoms with Gasteiger partial charge in [0.15, 0.2) is 0 Å². The molecular weight excluding hydrogens is 462 g/mol. The Morgan fingerprint density at radius 1 is 1.06 bits per heavy atom. The van der Waals surface area contributed by atoms with Gasteiger partial charge in [0.05, 0.1) is 13.2 Å². The van der Waals surface area contributed by atoms with Gasteiger partial charge in [0.25, 0.3) is 0 Å². The summed E-state index contributed by atoms with van der Waals surface area (Å²) in [6.45, 7) is 3.27. The first kappa shape index (κ1) is 25.4. The van der Waals surface area contributed by atoms with Gasteiger partial charge >= 0.3 is 0 Å². The fraction of sp³-hybridized carbons (Fsp3) is 0.444. The number of likely N-dealkylation sites (tertiary alicyclic amines) is 1. The van der Waals surface area contributed by atoms with Crippen LogP contribution in [0.5, 0.6) is 5.75 Å². The van der Waals surface area contributed by atoms with E-state index in [0.717, 1.165) is 30.0 Å². The number of hydrogen-bond donors (Lipinski definition) is 1. The molecule has 1 N–H and O–H groups in total. The molecule has 2 heterocycles. The number of hydrogen-bond acceptors (Lipinski definition) is 5. The summed E-state index contributed by atoms with van der Waals surface area (Å²) in [5.74, 6) is 0.644. The Morgan fingerprint density at radius 3 is 2.46 bits per heavy atom. The Labute approximate surface area is 208 Å². The number of rotatable bonds is 9. The van der Waals surface area contributed by atoms with Gasteiger partial charge in [-0.1, -0.05) is 42.5 Å². The monoisotopic (exact) mass is 497 g/mol. The molecule has 35 heavy (non-hydrogen) atoms. The highest BCUT2D eigenvalue weighted by Gasteiger charge is 2.31. The third kappa shape index (κ3) is 6.72. The van der Waals surface area contributed by atoms with Crippen LogP contribution in [-0.4, -0.2) is 63.4 Å². The van der Waals surface area contributed by atoms with Crippen LogP contribution in [0, 0.1) is 5.92 Å². The Hall–Kier alpha value is -2.68. The van der Waals surface area contributed by atoms with Crippen molar-refractivity contribution in [1.29, 1.82) is 0 Å². The molecular formula is C27H35N3O4S. The minimum absolute atomic E-state index is 0.00830. The van der Waals surface area contributed by atoms with E-state index in [1.54, 1.807) is 13.2 Å². The van der Waals surface area contributed by atoms with Gasteiger partial charge in [0, 0.05) is 31.0 Å². The maximum atomic E-state index is 13.0. The van der Waals surface area contributed by atoms with E-state index in [1.165, 1.54) is 22.6 Å². The quantitative estimate of drug-likeness (QED) is 0.572. The van der Waals surface area contributed by atoms with Crippen LogP contribution >= 0.6 is 0 Å². The predicted octanol–water partition coefficient (Wildman–Crippen LogP) is 3.66. The van der Waals surface area contributed by atoms with E-state index in [9.17, 15) is 13.2 Å². The molecule has 0 aliphatic carbocycles. The second-order valence-corrected chi connectivity index (χ2v) is 11.0. The summed E-state index contributed by atoms with van der Waals surface area (Å²) in [6.07, 6.45) is 5.00. The van der Waals surface area contributed by atoms with E-state index in [1.807, 2.05) is 48.5 Å². The van der Waals surface area contributed by atoms with E-state index in [0.29, 0.717) is 32.5 Å². The number of piperidine rings is 1. The van der Waals surface area contributed by atoms with Gasteiger partial charge in [0.2, 0.25) is 15.9 Å². The standard InChI is InChI=1S/C27H35N3O4S/c1-34-25-11-7-10-24(20-25)26(29-15-5-6-16-29)21-28-27(31)23-12-17-30(18-13-23)35(32,33)19-14-22-8-3-2-4-9-22/h2-4,7-11,14,19-20,23,26H,5-6,12-13,15-18,21H2,1H3,(H,28,31)/b19-14+. The molecule has 1 unspecified atom stereocenters. The molecule has 1 amide bonds. The van der Waals surface area contributed by atoms with Crippen molar-refractivity contribution < 1.29 is 17.9 Å². The Kier molecular flexibility index (Phi) is 8.59. The molecule has 2 fully saturated rings. The summed E-state index contributed by atoms with van der Waals surface area (Å²) in [7, 11) is -1.85. The lowest BCUT2D eigenvalue weighted by molar-refractivity contribution is -0.126. The molecule has 0 saturated carbocycles. The molecule has 2 aliphatic rings. The molecule has 2 aliphatic heterocycles. The second kappa shape index (κ2) is 11.8. The van der Waals surface area contributed by atoms with Crippen LogP contribution in [0.25, 0.3) is 6.08 Å². The number of benzene rings is 2. The topological polar surface area (TPSA) is 79.0 Å². The lowest BCUT2D eigenvalue weighted by Gasteiger charge is -2.31. The van der Waals surface area contributed by atoms with Crippen LogP contribution in [0.3, 0.4) is 0 Å². The van der Waals surface area contributed by atoms with E-state index < -0.39 is 10.0 Å². The fourth-order valence-electron chi connectivity index (χ4n) is 4.89. The molecule has 4 rings (SSSR count). The summed E-state index contributed by atoms with van der Waals surface area (Å²) >= 11 is 0. The molecule has 188 valence electrons. The van der Waals surface area contributed by atoms with Crippen molar-refractivity contribution in [3.05, 3.63) is 71.1 Å². The first-order chi connectivity index (χ1) is 17.0. The fourth-order valence-corrected chi connectivity index (χ4v) is 6.11. The van der Waals surface area contributed by atoms with Crippen molar-refractivity contribution >= 4 is 22.0 Å². The van der Waals surface area contributed by atoms with Crippen molar-refractivity contribution in [2.45, 2.75) is 31.7 Å². The van der Waals surface area contributed by atoms with Crippen LogP contribution in [0.15, 0.2) is 60.0 Å². The van der Waals surface area contributed by atoms with Gasteiger partial charge in [-0.2, -0.15) is 4.31 Å². The number of nitrogens with zero attached hydrogens (tertiary/aromatic N) is 2. The highest BCUT2D eigenvalue weighted by molar-refractivity contribution is 7.92. The third-order valence-corrected chi connectivity index (χ3v) is 8.51.